The Labute approximate surface area is 148 Å². The van der Waals surface area contributed by atoms with Crippen molar-refractivity contribution in [2.75, 3.05) is 0 Å². The Bertz CT molecular complexity index is 1120. The van der Waals surface area contributed by atoms with Crippen LogP contribution in [0, 0.1) is 17.0 Å². The summed E-state index contributed by atoms with van der Waals surface area (Å²) in [5.74, 6) is -0.0268. The Kier molecular flexibility index (Phi) is 3.53. The van der Waals surface area contributed by atoms with E-state index in [0.29, 0.717) is 5.69 Å². The Balaban J connectivity index is 1.74. The highest BCUT2D eigenvalue weighted by atomic mass is 79.9. The number of hydrogen-bond donors (Lipinski definition) is 1. The average molecular weight is 401 g/mol. The van der Waals surface area contributed by atoms with Crippen LogP contribution in [0.25, 0.3) is 34.1 Å². The van der Waals surface area contributed by atoms with Crippen molar-refractivity contribution in [2.45, 2.75) is 6.92 Å². The summed E-state index contributed by atoms with van der Waals surface area (Å²) < 4.78 is 5.73. The van der Waals surface area contributed by atoms with Crippen LogP contribution in [-0.4, -0.2) is 30.3 Å². The number of aromatic amines is 1. The summed E-state index contributed by atoms with van der Waals surface area (Å²) >= 11 is 3.11. The van der Waals surface area contributed by atoms with Crippen LogP contribution in [-0.2, 0) is 0 Å². The third-order valence-electron chi connectivity index (χ3n) is 3.56. The molecule has 0 bridgehead atoms. The van der Waals surface area contributed by atoms with Crippen molar-refractivity contribution in [1.82, 2.24) is 25.4 Å². The van der Waals surface area contributed by atoms with E-state index in [1.807, 2.05) is 31.2 Å². The van der Waals surface area contributed by atoms with Crippen LogP contribution in [0.3, 0.4) is 0 Å². The van der Waals surface area contributed by atoms with Gasteiger partial charge in [0.2, 0.25) is 0 Å². The van der Waals surface area contributed by atoms with E-state index in [-0.39, 0.29) is 27.8 Å². The summed E-state index contributed by atoms with van der Waals surface area (Å²) in [5.41, 5.74) is 2.63. The number of pyridine rings is 1. The van der Waals surface area contributed by atoms with Crippen LogP contribution >= 0.6 is 15.9 Å². The van der Waals surface area contributed by atoms with E-state index in [1.165, 1.54) is 0 Å². The van der Waals surface area contributed by atoms with Gasteiger partial charge in [0.05, 0.1) is 5.52 Å². The van der Waals surface area contributed by atoms with Crippen molar-refractivity contribution in [1.29, 1.82) is 0 Å². The standard InChI is InChI=1S/C15H9BrN6O3/c1-7-2-4-9-8(6-7)3-5-10(17-9)14-20-21-15(25-14)12-11(16)13(19-18-12)22(23)24/h2-6H,1H3,(H,18,19). The maximum atomic E-state index is 10.9. The number of H-pyrrole nitrogens is 1. The van der Waals surface area contributed by atoms with Gasteiger partial charge in [0, 0.05) is 5.39 Å². The number of halogens is 1. The van der Waals surface area contributed by atoms with E-state index >= 15 is 0 Å². The number of aromatic nitrogens is 5. The molecule has 0 amide bonds. The van der Waals surface area contributed by atoms with Gasteiger partial charge in [-0.25, -0.2) is 4.98 Å². The molecule has 0 atom stereocenters. The minimum atomic E-state index is -0.593. The van der Waals surface area contributed by atoms with E-state index in [2.05, 4.69) is 41.3 Å². The Morgan fingerprint density at radius 3 is 2.76 bits per heavy atom. The Morgan fingerprint density at radius 2 is 2.00 bits per heavy atom. The number of nitro groups is 1. The topological polar surface area (TPSA) is 124 Å². The molecule has 3 heterocycles. The molecule has 124 valence electrons. The fourth-order valence-corrected chi connectivity index (χ4v) is 2.86. The SMILES string of the molecule is Cc1ccc2nc(-c3nnc(-c4n[nH]c([N+](=O)[O-])c4Br)o3)ccc2c1. The third-order valence-corrected chi connectivity index (χ3v) is 4.31. The van der Waals surface area contributed by atoms with Crippen molar-refractivity contribution in [2.24, 2.45) is 0 Å². The minimum absolute atomic E-state index is 0.0528. The molecule has 0 aliphatic heterocycles. The fourth-order valence-electron chi connectivity index (χ4n) is 2.37. The molecule has 1 aromatic carbocycles. The minimum Gasteiger partial charge on any atom is -0.413 e. The lowest BCUT2D eigenvalue weighted by molar-refractivity contribution is -0.390. The fraction of sp³-hybridized carbons (Fsp3) is 0.0667. The molecule has 0 unspecified atom stereocenters. The van der Waals surface area contributed by atoms with Crippen LogP contribution in [0.1, 0.15) is 5.56 Å². The van der Waals surface area contributed by atoms with Gasteiger partial charge in [-0.15, -0.1) is 15.3 Å². The second kappa shape index (κ2) is 5.74. The van der Waals surface area contributed by atoms with Gasteiger partial charge < -0.3 is 14.5 Å². The first-order chi connectivity index (χ1) is 12.0. The van der Waals surface area contributed by atoms with Crippen molar-refractivity contribution in [3.63, 3.8) is 0 Å². The van der Waals surface area contributed by atoms with Crippen molar-refractivity contribution >= 4 is 32.7 Å². The third kappa shape index (κ3) is 2.66. The summed E-state index contributed by atoms with van der Waals surface area (Å²) in [6.45, 7) is 2.01. The predicted octanol–water partition coefficient (Wildman–Crippen LogP) is 3.65. The zero-order valence-electron chi connectivity index (χ0n) is 12.7. The highest BCUT2D eigenvalue weighted by molar-refractivity contribution is 9.10. The lowest BCUT2D eigenvalue weighted by Crippen LogP contribution is -1.87. The number of benzene rings is 1. The molecule has 0 saturated heterocycles. The number of nitrogens with zero attached hydrogens (tertiary/aromatic N) is 5. The summed E-state index contributed by atoms with van der Waals surface area (Å²) in [4.78, 5) is 14.8. The zero-order valence-corrected chi connectivity index (χ0v) is 14.3. The molecule has 0 saturated carbocycles. The molecular weight excluding hydrogens is 392 g/mol. The number of hydrogen-bond acceptors (Lipinski definition) is 7. The summed E-state index contributed by atoms with van der Waals surface area (Å²) in [5, 5.41) is 25.9. The molecule has 0 spiro atoms. The van der Waals surface area contributed by atoms with Gasteiger partial charge in [0.1, 0.15) is 10.2 Å². The van der Waals surface area contributed by atoms with E-state index in [9.17, 15) is 10.1 Å². The summed E-state index contributed by atoms with van der Waals surface area (Å²) in [6, 6.07) is 9.62. The van der Waals surface area contributed by atoms with Crippen LogP contribution in [0.4, 0.5) is 5.82 Å². The quantitative estimate of drug-likeness (QED) is 0.410. The monoisotopic (exact) mass is 400 g/mol. The molecule has 0 aliphatic carbocycles. The van der Waals surface area contributed by atoms with Gasteiger partial charge in [-0.3, -0.25) is 0 Å². The normalized spacial score (nSPS) is 11.1. The molecule has 3 aromatic heterocycles. The van der Waals surface area contributed by atoms with Crippen molar-refractivity contribution in [3.8, 4) is 23.2 Å². The van der Waals surface area contributed by atoms with Crippen LogP contribution < -0.4 is 0 Å². The molecule has 0 fully saturated rings. The van der Waals surface area contributed by atoms with E-state index in [0.717, 1.165) is 16.5 Å². The molecule has 9 nitrogen and oxygen atoms in total. The van der Waals surface area contributed by atoms with Crippen molar-refractivity contribution < 1.29 is 9.34 Å². The molecule has 0 aliphatic rings. The molecule has 4 aromatic rings. The lowest BCUT2D eigenvalue weighted by Gasteiger charge is -2.00. The Hall–Kier alpha value is -3.14. The van der Waals surface area contributed by atoms with E-state index < -0.39 is 4.92 Å². The molecule has 0 radical (unpaired) electrons. The molecular formula is C15H9BrN6O3. The number of rotatable bonds is 3. The second-order valence-electron chi connectivity index (χ2n) is 5.30. The largest absolute Gasteiger partial charge is 0.413 e. The van der Waals surface area contributed by atoms with Gasteiger partial charge in [0.15, 0.2) is 5.69 Å². The molecule has 1 N–H and O–H groups in total. The molecule has 4 rings (SSSR count). The van der Waals surface area contributed by atoms with Gasteiger partial charge in [-0.05, 0) is 46.0 Å². The van der Waals surface area contributed by atoms with Gasteiger partial charge in [-0.1, -0.05) is 22.8 Å². The highest BCUT2D eigenvalue weighted by Crippen LogP contribution is 2.33. The maximum absolute atomic E-state index is 10.9. The van der Waals surface area contributed by atoms with Crippen LogP contribution in [0.15, 0.2) is 39.2 Å². The Morgan fingerprint density at radius 1 is 1.20 bits per heavy atom. The number of fused-ring (bicyclic) bond motifs is 1. The van der Waals surface area contributed by atoms with E-state index in [4.69, 9.17) is 4.42 Å². The maximum Gasteiger partial charge on any atom is 0.357 e. The first-order valence-corrected chi connectivity index (χ1v) is 7.92. The summed E-state index contributed by atoms with van der Waals surface area (Å²) in [7, 11) is 0. The van der Waals surface area contributed by atoms with E-state index in [1.54, 1.807) is 6.07 Å². The first kappa shape index (κ1) is 15.4. The highest BCUT2D eigenvalue weighted by Gasteiger charge is 2.25. The second-order valence-corrected chi connectivity index (χ2v) is 6.09. The lowest BCUT2D eigenvalue weighted by atomic mass is 10.1. The average Bonchev–Trinajstić information content (AvgIpc) is 3.20. The van der Waals surface area contributed by atoms with Gasteiger partial charge in [0.25, 0.3) is 11.8 Å². The number of aryl methyl sites for hydroxylation is 1. The van der Waals surface area contributed by atoms with Crippen molar-refractivity contribution in [3.05, 3.63) is 50.5 Å². The van der Waals surface area contributed by atoms with Gasteiger partial charge in [-0.2, -0.15) is 0 Å². The predicted molar refractivity (Wildman–Crippen MR) is 91.7 cm³/mol. The molecule has 25 heavy (non-hydrogen) atoms. The van der Waals surface area contributed by atoms with Gasteiger partial charge >= 0.3 is 5.82 Å². The van der Waals surface area contributed by atoms with Crippen LogP contribution in [0.2, 0.25) is 0 Å². The number of nitrogens with one attached hydrogen (secondary N) is 1. The smallest absolute Gasteiger partial charge is 0.357 e. The molecule has 10 heteroatoms. The summed E-state index contributed by atoms with van der Waals surface area (Å²) in [6.07, 6.45) is 0. The zero-order chi connectivity index (χ0) is 17.6. The first-order valence-electron chi connectivity index (χ1n) is 7.13. The van der Waals surface area contributed by atoms with Crippen LogP contribution in [0.5, 0.6) is 0 Å².